The second kappa shape index (κ2) is 6.31. The summed E-state index contributed by atoms with van der Waals surface area (Å²) < 4.78 is 61.8. The number of amides is 1. The fourth-order valence-corrected chi connectivity index (χ4v) is 1.35. The Morgan fingerprint density at radius 3 is 2.11 bits per heavy atom. The van der Waals surface area contributed by atoms with Crippen molar-refractivity contribution in [2.24, 2.45) is 0 Å². The Hall–Kier alpha value is -0.190. The number of carbonyl (C=O) groups is 1. The first kappa shape index (κ1) is 17.8. The number of nitrogens with one attached hydrogen (secondary N) is 1. The van der Waals surface area contributed by atoms with E-state index in [2.05, 4.69) is 22.6 Å². The van der Waals surface area contributed by atoms with Gasteiger partial charge in [-0.2, -0.15) is 22.0 Å². The van der Waals surface area contributed by atoms with Crippen LogP contribution >= 0.6 is 22.6 Å². The van der Waals surface area contributed by atoms with Crippen molar-refractivity contribution in [1.29, 1.82) is 0 Å². The minimum absolute atomic E-state index is 0.206. The van der Waals surface area contributed by atoms with Crippen LogP contribution in [0.3, 0.4) is 0 Å². The van der Waals surface area contributed by atoms with Crippen LogP contribution in [-0.2, 0) is 4.79 Å². The molecule has 0 spiro atoms. The van der Waals surface area contributed by atoms with E-state index in [0.29, 0.717) is 17.4 Å². The van der Waals surface area contributed by atoms with Crippen molar-refractivity contribution < 1.29 is 31.2 Å². The maximum atomic E-state index is 12.5. The van der Waals surface area contributed by atoms with Crippen LogP contribution in [0, 0.1) is 0 Å². The van der Waals surface area contributed by atoms with Gasteiger partial charge in [0.05, 0.1) is 20.6 Å². The first-order chi connectivity index (χ1) is 7.94. The highest BCUT2D eigenvalue weighted by Gasteiger charge is 2.63. The molecule has 0 aliphatic heterocycles. The van der Waals surface area contributed by atoms with Crippen LogP contribution in [0.4, 0.5) is 22.0 Å². The summed E-state index contributed by atoms with van der Waals surface area (Å²) in [4.78, 5) is 10.7. The summed E-state index contributed by atoms with van der Waals surface area (Å²) in [5.74, 6) is -7.63. The molecule has 0 aromatic carbocycles. The van der Waals surface area contributed by atoms with Gasteiger partial charge in [0.15, 0.2) is 0 Å². The summed E-state index contributed by atoms with van der Waals surface area (Å²) in [7, 11) is 3.77. The van der Waals surface area contributed by atoms with Gasteiger partial charge in [-0.25, -0.2) is 0 Å². The average Bonchev–Trinajstić information content (AvgIpc) is 2.22. The third-order valence-electron chi connectivity index (χ3n) is 2.19. The van der Waals surface area contributed by atoms with Crippen molar-refractivity contribution in [2.75, 3.05) is 31.7 Å². The quantitative estimate of drug-likeness (QED) is 0.185. The standard InChI is InChI=1S/C9H14F5IN2O/c1-17(2,6-15)5-3-4-16-7(18)8(10,11)9(12,13)14/h3-6H2,1-2H3/p+1. The molecule has 108 valence electrons. The molecule has 0 atom stereocenters. The van der Waals surface area contributed by atoms with Crippen molar-refractivity contribution in [2.45, 2.75) is 18.5 Å². The molecule has 0 radical (unpaired) electrons. The van der Waals surface area contributed by atoms with Gasteiger partial charge in [0.25, 0.3) is 5.91 Å². The highest BCUT2D eigenvalue weighted by molar-refractivity contribution is 14.1. The van der Waals surface area contributed by atoms with Gasteiger partial charge >= 0.3 is 12.1 Å². The lowest BCUT2D eigenvalue weighted by atomic mass is 10.3. The number of hydrogen-bond donors (Lipinski definition) is 1. The Labute approximate surface area is 115 Å². The zero-order valence-electron chi connectivity index (χ0n) is 9.95. The van der Waals surface area contributed by atoms with Gasteiger partial charge in [-0.1, -0.05) is 0 Å². The molecule has 0 aliphatic carbocycles. The summed E-state index contributed by atoms with van der Waals surface area (Å²) in [6, 6.07) is 0. The number of carbonyl (C=O) groups excluding carboxylic acids is 1. The molecule has 0 fully saturated rings. The van der Waals surface area contributed by atoms with Crippen LogP contribution in [0.2, 0.25) is 0 Å². The SMILES string of the molecule is C[N+](C)(CI)CCCNC(=O)C(F)(F)C(F)(F)F. The predicted molar refractivity (Wildman–Crippen MR) is 64.5 cm³/mol. The summed E-state index contributed by atoms with van der Waals surface area (Å²) in [5, 5.41) is 1.60. The molecule has 0 heterocycles. The third-order valence-corrected chi connectivity index (χ3v) is 4.04. The van der Waals surface area contributed by atoms with Crippen molar-refractivity contribution >= 4 is 28.5 Å². The average molecular weight is 389 g/mol. The minimum atomic E-state index is -5.85. The smallest absolute Gasteiger partial charge is 0.350 e. The highest BCUT2D eigenvalue weighted by atomic mass is 127. The summed E-state index contributed by atoms with van der Waals surface area (Å²) >= 11 is 2.13. The number of rotatable bonds is 6. The molecule has 0 unspecified atom stereocenters. The fourth-order valence-electron chi connectivity index (χ4n) is 1.01. The highest BCUT2D eigenvalue weighted by Crippen LogP contribution is 2.35. The van der Waals surface area contributed by atoms with E-state index in [-0.39, 0.29) is 6.54 Å². The van der Waals surface area contributed by atoms with E-state index in [1.807, 2.05) is 14.1 Å². The first-order valence-corrected chi connectivity index (χ1v) is 6.57. The Kier molecular flexibility index (Phi) is 6.24. The van der Waals surface area contributed by atoms with Gasteiger partial charge in [-0.15, -0.1) is 0 Å². The molecule has 1 amide bonds. The van der Waals surface area contributed by atoms with Crippen molar-refractivity contribution in [1.82, 2.24) is 5.32 Å². The van der Waals surface area contributed by atoms with Gasteiger partial charge in [0, 0.05) is 13.0 Å². The molecule has 9 heteroatoms. The lowest BCUT2D eigenvalue weighted by Gasteiger charge is -2.27. The number of alkyl halides is 6. The largest absolute Gasteiger partial charge is 0.463 e. The van der Waals surface area contributed by atoms with E-state index >= 15 is 0 Å². The molecule has 0 saturated carbocycles. The van der Waals surface area contributed by atoms with Gasteiger partial charge < -0.3 is 9.80 Å². The zero-order valence-corrected chi connectivity index (χ0v) is 12.1. The van der Waals surface area contributed by atoms with Gasteiger partial charge in [-0.05, 0) is 22.6 Å². The van der Waals surface area contributed by atoms with Crippen molar-refractivity contribution in [3.05, 3.63) is 0 Å². The third kappa shape index (κ3) is 5.21. The van der Waals surface area contributed by atoms with Gasteiger partial charge in [0.2, 0.25) is 0 Å². The van der Waals surface area contributed by atoms with Crippen molar-refractivity contribution in [3.8, 4) is 0 Å². The van der Waals surface area contributed by atoms with Crippen LogP contribution in [0.5, 0.6) is 0 Å². The zero-order chi connectivity index (χ0) is 14.6. The summed E-state index contributed by atoms with van der Waals surface area (Å²) in [6.45, 7) is 0.365. The molecule has 18 heavy (non-hydrogen) atoms. The Morgan fingerprint density at radius 1 is 1.22 bits per heavy atom. The van der Waals surface area contributed by atoms with E-state index < -0.39 is 18.0 Å². The number of quaternary nitrogens is 1. The molecule has 0 aromatic rings. The molecule has 0 bridgehead atoms. The molecule has 3 nitrogen and oxygen atoms in total. The van der Waals surface area contributed by atoms with Gasteiger partial charge in [-0.3, -0.25) is 4.79 Å². The van der Waals surface area contributed by atoms with Crippen LogP contribution in [0.15, 0.2) is 0 Å². The monoisotopic (exact) mass is 389 g/mol. The minimum Gasteiger partial charge on any atom is -0.350 e. The van der Waals surface area contributed by atoms with Crippen molar-refractivity contribution in [3.63, 3.8) is 0 Å². The molecule has 0 rings (SSSR count). The summed E-state index contributed by atoms with van der Waals surface area (Å²) in [5.41, 5.74) is 0. The molecular weight excluding hydrogens is 374 g/mol. The maximum absolute atomic E-state index is 12.5. The summed E-state index contributed by atoms with van der Waals surface area (Å²) in [6.07, 6.45) is -5.52. The number of nitrogens with zero attached hydrogens (tertiary/aromatic N) is 1. The van der Waals surface area contributed by atoms with E-state index in [9.17, 15) is 26.7 Å². The topological polar surface area (TPSA) is 29.1 Å². The second-order valence-corrected chi connectivity index (χ2v) is 5.14. The van der Waals surface area contributed by atoms with E-state index in [1.165, 1.54) is 0 Å². The molecule has 0 saturated heterocycles. The van der Waals surface area contributed by atoms with Crippen LogP contribution in [0.25, 0.3) is 0 Å². The normalized spacial score (nSPS) is 13.6. The second-order valence-electron chi connectivity index (χ2n) is 4.46. The van der Waals surface area contributed by atoms with E-state index in [0.717, 1.165) is 4.55 Å². The molecule has 1 N–H and O–H groups in total. The van der Waals surface area contributed by atoms with Gasteiger partial charge in [0.1, 0.15) is 4.55 Å². The lowest BCUT2D eigenvalue weighted by molar-refractivity contribution is -0.874. The fraction of sp³-hybridized carbons (Fsp3) is 0.889. The van der Waals surface area contributed by atoms with Crippen LogP contribution in [-0.4, -0.2) is 54.2 Å². The van der Waals surface area contributed by atoms with E-state index in [4.69, 9.17) is 0 Å². The van der Waals surface area contributed by atoms with Crippen LogP contribution < -0.4 is 5.32 Å². The van der Waals surface area contributed by atoms with E-state index in [1.54, 1.807) is 5.32 Å². The Bertz CT molecular complexity index is 293. The molecule has 0 aromatic heterocycles. The van der Waals surface area contributed by atoms with Crippen LogP contribution in [0.1, 0.15) is 6.42 Å². The Balaban J connectivity index is 4.14. The molecule has 0 aliphatic rings. The number of hydrogen-bond acceptors (Lipinski definition) is 1. The first-order valence-electron chi connectivity index (χ1n) is 5.05. The lowest BCUT2D eigenvalue weighted by Crippen LogP contribution is -2.51. The number of halogens is 6. The maximum Gasteiger partial charge on any atom is 0.463 e. The molecular formula is C9H15F5IN2O+. The Morgan fingerprint density at radius 2 is 1.72 bits per heavy atom. The predicted octanol–water partition coefficient (Wildman–Crippen LogP) is 2.16.